The van der Waals surface area contributed by atoms with Crippen molar-refractivity contribution in [3.8, 4) is 22.1 Å². The van der Waals surface area contributed by atoms with Crippen molar-refractivity contribution in [2.75, 3.05) is 12.4 Å². The second kappa shape index (κ2) is 9.31. The van der Waals surface area contributed by atoms with Gasteiger partial charge in [0.1, 0.15) is 11.1 Å². The van der Waals surface area contributed by atoms with Gasteiger partial charge in [0.15, 0.2) is 11.5 Å². The van der Waals surface area contributed by atoms with Gasteiger partial charge in [-0.05, 0) is 43.3 Å². The standard InChI is InChI=1S/C22H19N5O3S/c1-14(17-4-3-9-24-13-17)30-18-6-5-16(12-19(18)29-2)20(28)25-22-27-26-21(31-22)15-7-10-23-11-8-15/h3-14H,1-2H3,(H,25,27,28)/t14-/m0/s1. The van der Waals surface area contributed by atoms with Gasteiger partial charge in [-0.1, -0.05) is 17.4 Å². The van der Waals surface area contributed by atoms with E-state index in [1.54, 1.807) is 43.0 Å². The summed E-state index contributed by atoms with van der Waals surface area (Å²) in [4.78, 5) is 20.8. The van der Waals surface area contributed by atoms with E-state index in [0.29, 0.717) is 27.2 Å². The topological polar surface area (TPSA) is 99.1 Å². The summed E-state index contributed by atoms with van der Waals surface area (Å²) >= 11 is 1.28. The molecule has 1 amide bonds. The molecule has 3 heterocycles. The van der Waals surface area contributed by atoms with E-state index in [2.05, 4.69) is 25.5 Å². The highest BCUT2D eigenvalue weighted by Gasteiger charge is 2.16. The maximum atomic E-state index is 12.7. The van der Waals surface area contributed by atoms with Crippen LogP contribution in [0.15, 0.2) is 67.3 Å². The summed E-state index contributed by atoms with van der Waals surface area (Å²) in [7, 11) is 1.53. The summed E-state index contributed by atoms with van der Waals surface area (Å²) < 4.78 is 11.4. The molecule has 4 rings (SSSR count). The van der Waals surface area contributed by atoms with Crippen molar-refractivity contribution in [1.29, 1.82) is 0 Å². The molecular weight excluding hydrogens is 414 g/mol. The van der Waals surface area contributed by atoms with E-state index in [4.69, 9.17) is 9.47 Å². The molecule has 156 valence electrons. The molecule has 0 aliphatic carbocycles. The summed E-state index contributed by atoms with van der Waals surface area (Å²) in [5.74, 6) is 0.673. The second-order valence-electron chi connectivity index (χ2n) is 6.51. The summed E-state index contributed by atoms with van der Waals surface area (Å²) in [6.07, 6.45) is 6.60. The minimum absolute atomic E-state index is 0.227. The summed E-state index contributed by atoms with van der Waals surface area (Å²) in [6.45, 7) is 1.92. The molecule has 0 fully saturated rings. The van der Waals surface area contributed by atoms with Crippen molar-refractivity contribution >= 4 is 22.4 Å². The van der Waals surface area contributed by atoms with Crippen molar-refractivity contribution in [2.45, 2.75) is 13.0 Å². The number of anilines is 1. The molecule has 0 unspecified atom stereocenters. The van der Waals surface area contributed by atoms with Crippen molar-refractivity contribution in [3.63, 3.8) is 0 Å². The Bertz CT molecular complexity index is 1170. The highest BCUT2D eigenvalue weighted by atomic mass is 32.1. The van der Waals surface area contributed by atoms with Gasteiger partial charge in [-0.25, -0.2) is 0 Å². The summed E-state index contributed by atoms with van der Waals surface area (Å²) in [6, 6.07) is 12.5. The fourth-order valence-corrected chi connectivity index (χ4v) is 3.58. The monoisotopic (exact) mass is 433 g/mol. The lowest BCUT2D eigenvalue weighted by molar-refractivity contribution is 0.102. The highest BCUT2D eigenvalue weighted by Crippen LogP contribution is 2.32. The minimum Gasteiger partial charge on any atom is -0.493 e. The van der Waals surface area contributed by atoms with E-state index in [-0.39, 0.29) is 12.0 Å². The van der Waals surface area contributed by atoms with E-state index < -0.39 is 0 Å². The first-order valence-electron chi connectivity index (χ1n) is 9.44. The van der Waals surface area contributed by atoms with Crippen LogP contribution >= 0.6 is 11.3 Å². The molecule has 1 aromatic carbocycles. The molecule has 9 heteroatoms. The fraction of sp³-hybridized carbons (Fsp3) is 0.136. The van der Waals surface area contributed by atoms with Crippen LogP contribution in [0.5, 0.6) is 11.5 Å². The maximum Gasteiger partial charge on any atom is 0.257 e. The van der Waals surface area contributed by atoms with Gasteiger partial charge in [-0.15, -0.1) is 10.2 Å². The van der Waals surface area contributed by atoms with Gasteiger partial charge in [0.05, 0.1) is 7.11 Å². The van der Waals surface area contributed by atoms with Gasteiger partial charge >= 0.3 is 0 Å². The van der Waals surface area contributed by atoms with Crippen molar-refractivity contribution in [3.05, 3.63) is 78.4 Å². The van der Waals surface area contributed by atoms with E-state index in [1.165, 1.54) is 18.4 Å². The Labute approximate surface area is 182 Å². The second-order valence-corrected chi connectivity index (χ2v) is 7.49. The first kappa shape index (κ1) is 20.4. The van der Waals surface area contributed by atoms with E-state index in [9.17, 15) is 4.79 Å². The van der Waals surface area contributed by atoms with Gasteiger partial charge in [-0.2, -0.15) is 0 Å². The Kier molecular flexibility index (Phi) is 6.13. The molecule has 0 saturated carbocycles. The van der Waals surface area contributed by atoms with E-state index in [0.717, 1.165) is 11.1 Å². The van der Waals surface area contributed by atoms with Crippen LogP contribution in [-0.4, -0.2) is 33.2 Å². The van der Waals surface area contributed by atoms with Gasteiger partial charge in [0, 0.05) is 41.5 Å². The number of nitrogens with one attached hydrogen (secondary N) is 1. The Balaban J connectivity index is 1.47. The van der Waals surface area contributed by atoms with Crippen LogP contribution in [-0.2, 0) is 0 Å². The van der Waals surface area contributed by atoms with Crippen molar-refractivity contribution in [1.82, 2.24) is 20.2 Å². The van der Waals surface area contributed by atoms with Crippen LogP contribution in [0.1, 0.15) is 28.9 Å². The molecule has 8 nitrogen and oxygen atoms in total. The van der Waals surface area contributed by atoms with E-state index >= 15 is 0 Å². The number of benzene rings is 1. The third kappa shape index (κ3) is 4.84. The molecule has 3 aromatic heterocycles. The molecule has 0 aliphatic heterocycles. The van der Waals surface area contributed by atoms with Crippen LogP contribution in [0, 0.1) is 0 Å². The van der Waals surface area contributed by atoms with Crippen LogP contribution in [0.4, 0.5) is 5.13 Å². The molecule has 0 aliphatic rings. The Morgan fingerprint density at radius 3 is 2.61 bits per heavy atom. The largest absolute Gasteiger partial charge is 0.493 e. The third-order valence-electron chi connectivity index (χ3n) is 4.46. The lowest BCUT2D eigenvalue weighted by Gasteiger charge is -2.17. The molecule has 0 saturated heterocycles. The summed E-state index contributed by atoms with van der Waals surface area (Å²) in [5, 5.41) is 12.0. The van der Waals surface area contributed by atoms with Gasteiger partial charge < -0.3 is 9.47 Å². The number of amides is 1. The third-order valence-corrected chi connectivity index (χ3v) is 5.34. The minimum atomic E-state index is -0.317. The Hall–Kier alpha value is -3.85. The average Bonchev–Trinajstić information content (AvgIpc) is 3.29. The number of carbonyl (C=O) groups excluding carboxylic acids is 1. The number of aromatic nitrogens is 4. The van der Waals surface area contributed by atoms with Gasteiger partial charge in [0.25, 0.3) is 5.91 Å². The number of carbonyl (C=O) groups is 1. The maximum absolute atomic E-state index is 12.7. The SMILES string of the molecule is COc1cc(C(=O)Nc2nnc(-c3ccncc3)s2)ccc1O[C@@H](C)c1cccnc1. The predicted molar refractivity (Wildman–Crippen MR) is 117 cm³/mol. The average molecular weight is 433 g/mol. The zero-order valence-corrected chi connectivity index (χ0v) is 17.7. The number of methoxy groups -OCH3 is 1. The number of ether oxygens (including phenoxy) is 2. The number of rotatable bonds is 7. The fourth-order valence-electron chi connectivity index (χ4n) is 2.84. The molecule has 1 N–H and O–H groups in total. The number of hydrogen-bond donors (Lipinski definition) is 1. The number of pyridine rings is 2. The predicted octanol–water partition coefficient (Wildman–Crippen LogP) is 4.40. The number of hydrogen-bond acceptors (Lipinski definition) is 8. The van der Waals surface area contributed by atoms with Crippen LogP contribution in [0.3, 0.4) is 0 Å². The highest BCUT2D eigenvalue weighted by molar-refractivity contribution is 7.18. The molecular formula is C22H19N5O3S. The molecule has 0 bridgehead atoms. The quantitative estimate of drug-likeness (QED) is 0.461. The lowest BCUT2D eigenvalue weighted by atomic mass is 10.1. The lowest BCUT2D eigenvalue weighted by Crippen LogP contribution is -2.12. The first-order chi connectivity index (χ1) is 15.1. The molecule has 0 radical (unpaired) electrons. The Morgan fingerprint density at radius 2 is 1.87 bits per heavy atom. The molecule has 0 spiro atoms. The summed E-state index contributed by atoms with van der Waals surface area (Å²) in [5.41, 5.74) is 2.24. The van der Waals surface area contributed by atoms with Gasteiger partial charge in [0.2, 0.25) is 5.13 Å². The van der Waals surface area contributed by atoms with Crippen molar-refractivity contribution < 1.29 is 14.3 Å². The zero-order valence-electron chi connectivity index (χ0n) is 16.9. The van der Waals surface area contributed by atoms with E-state index in [1.807, 2.05) is 31.2 Å². The molecule has 31 heavy (non-hydrogen) atoms. The normalized spacial score (nSPS) is 11.5. The number of nitrogens with zero attached hydrogens (tertiary/aromatic N) is 4. The Morgan fingerprint density at radius 1 is 1.03 bits per heavy atom. The van der Waals surface area contributed by atoms with Crippen molar-refractivity contribution in [2.24, 2.45) is 0 Å². The smallest absolute Gasteiger partial charge is 0.257 e. The van der Waals surface area contributed by atoms with Crippen LogP contribution < -0.4 is 14.8 Å². The van der Waals surface area contributed by atoms with Crippen LogP contribution in [0.2, 0.25) is 0 Å². The van der Waals surface area contributed by atoms with Gasteiger partial charge in [-0.3, -0.25) is 20.1 Å². The molecule has 4 aromatic rings. The van der Waals surface area contributed by atoms with Crippen LogP contribution in [0.25, 0.3) is 10.6 Å². The molecule has 1 atom stereocenters. The zero-order chi connectivity index (χ0) is 21.6. The first-order valence-corrected chi connectivity index (χ1v) is 10.3.